The van der Waals surface area contributed by atoms with Crippen molar-refractivity contribution in [1.29, 1.82) is 0 Å². The lowest BCUT2D eigenvalue weighted by atomic mass is 10.1. The molecule has 1 unspecified atom stereocenters. The van der Waals surface area contributed by atoms with Crippen molar-refractivity contribution in [1.82, 2.24) is 0 Å². The van der Waals surface area contributed by atoms with Gasteiger partial charge in [0.25, 0.3) is 0 Å². The van der Waals surface area contributed by atoms with E-state index in [0.29, 0.717) is 24.4 Å². The Hall–Kier alpha value is -1.69. The van der Waals surface area contributed by atoms with Crippen LogP contribution in [-0.2, 0) is 4.79 Å². The summed E-state index contributed by atoms with van der Waals surface area (Å²) in [5, 5.41) is 9.00. The minimum absolute atomic E-state index is 0.0228. The van der Waals surface area contributed by atoms with Gasteiger partial charge in [-0.05, 0) is 23.8 Å². The van der Waals surface area contributed by atoms with E-state index in [1.54, 1.807) is 17.0 Å². The lowest BCUT2D eigenvalue weighted by molar-refractivity contribution is -0.117. The number of nitrogens with two attached hydrogens (primary N) is 1. The van der Waals surface area contributed by atoms with Crippen LogP contribution in [0.5, 0.6) is 0 Å². The number of nitrogens with zero attached hydrogens (tertiary/aromatic N) is 1. The quantitative estimate of drug-likeness (QED) is 0.568. The van der Waals surface area contributed by atoms with Crippen molar-refractivity contribution in [3.05, 3.63) is 23.8 Å². The van der Waals surface area contributed by atoms with Gasteiger partial charge in [-0.3, -0.25) is 4.79 Å². The van der Waals surface area contributed by atoms with E-state index in [1.165, 1.54) is 6.07 Å². The number of rotatable bonds is 3. The fourth-order valence-corrected chi connectivity index (χ4v) is 2.36. The molecule has 0 aliphatic carbocycles. The number of aromatic carboxylic acids is 1. The van der Waals surface area contributed by atoms with E-state index in [1.807, 2.05) is 0 Å². The molecule has 0 spiro atoms. The summed E-state index contributed by atoms with van der Waals surface area (Å²) in [7, 11) is 0. The number of para-hydroxylation sites is 1. The molecule has 1 aliphatic heterocycles. The van der Waals surface area contributed by atoms with Crippen LogP contribution in [-0.4, -0.2) is 29.3 Å². The highest BCUT2D eigenvalue weighted by molar-refractivity contribution is 7.80. The van der Waals surface area contributed by atoms with Gasteiger partial charge in [0.2, 0.25) is 5.91 Å². The molecule has 0 saturated carbocycles. The molecule has 1 aromatic rings. The number of amides is 1. The predicted molar refractivity (Wildman–Crippen MR) is 72.1 cm³/mol. The number of carbonyl (C=O) groups excluding carboxylic acids is 1. The van der Waals surface area contributed by atoms with Crippen molar-refractivity contribution < 1.29 is 14.7 Å². The molecule has 0 aromatic heterocycles. The zero-order chi connectivity index (χ0) is 13.3. The highest BCUT2D eigenvalue weighted by Crippen LogP contribution is 2.32. The smallest absolute Gasteiger partial charge is 0.337 e. The van der Waals surface area contributed by atoms with Crippen LogP contribution >= 0.6 is 12.6 Å². The lowest BCUT2D eigenvalue weighted by Crippen LogP contribution is -2.26. The third kappa shape index (κ3) is 2.15. The van der Waals surface area contributed by atoms with Crippen molar-refractivity contribution >= 4 is 35.9 Å². The third-order valence-electron chi connectivity index (χ3n) is 3.07. The second-order valence-corrected chi connectivity index (χ2v) is 4.67. The summed E-state index contributed by atoms with van der Waals surface area (Å²) in [5.74, 6) is -0.315. The van der Waals surface area contributed by atoms with Gasteiger partial charge in [0.1, 0.15) is 0 Å². The standard InChI is InChI=1S/C12H14N2O3S/c13-11-8(12(16)17)2-1-3-9(11)14-5-7(6-18)4-10(14)15/h1-3,7,18H,4-6,13H2,(H,16,17). The zero-order valence-electron chi connectivity index (χ0n) is 9.67. The van der Waals surface area contributed by atoms with Crippen molar-refractivity contribution in [2.24, 2.45) is 5.92 Å². The Kier molecular flexibility index (Phi) is 3.47. The average Bonchev–Trinajstić information content (AvgIpc) is 2.70. The van der Waals surface area contributed by atoms with Crippen LogP contribution < -0.4 is 10.6 Å². The molecule has 1 aliphatic rings. The molecule has 1 heterocycles. The third-order valence-corrected chi connectivity index (χ3v) is 3.58. The van der Waals surface area contributed by atoms with E-state index in [-0.39, 0.29) is 23.1 Å². The summed E-state index contributed by atoms with van der Waals surface area (Å²) in [5.41, 5.74) is 6.46. The Bertz CT molecular complexity index is 504. The molecule has 1 amide bonds. The van der Waals surface area contributed by atoms with Gasteiger partial charge >= 0.3 is 5.97 Å². The first-order chi connectivity index (χ1) is 8.54. The molecule has 1 aromatic carbocycles. The maximum atomic E-state index is 11.9. The number of hydrogen-bond acceptors (Lipinski definition) is 4. The maximum Gasteiger partial charge on any atom is 0.337 e. The van der Waals surface area contributed by atoms with E-state index in [9.17, 15) is 9.59 Å². The van der Waals surface area contributed by atoms with Gasteiger partial charge in [-0.1, -0.05) is 6.07 Å². The highest BCUT2D eigenvalue weighted by Gasteiger charge is 2.31. The number of carbonyl (C=O) groups is 2. The Balaban J connectivity index is 2.37. The van der Waals surface area contributed by atoms with Crippen LogP contribution in [0.2, 0.25) is 0 Å². The minimum atomic E-state index is -1.09. The molecule has 6 heteroatoms. The van der Waals surface area contributed by atoms with Gasteiger partial charge in [0.15, 0.2) is 0 Å². The monoisotopic (exact) mass is 266 g/mol. The molecular formula is C12H14N2O3S. The Morgan fingerprint density at radius 3 is 2.83 bits per heavy atom. The Morgan fingerprint density at radius 2 is 2.28 bits per heavy atom. The molecule has 18 heavy (non-hydrogen) atoms. The van der Waals surface area contributed by atoms with Crippen molar-refractivity contribution in [2.75, 3.05) is 22.9 Å². The van der Waals surface area contributed by atoms with Gasteiger partial charge in [-0.2, -0.15) is 12.6 Å². The summed E-state index contributed by atoms with van der Waals surface area (Å²) >= 11 is 4.18. The van der Waals surface area contributed by atoms with E-state index in [0.717, 1.165) is 0 Å². The number of thiol groups is 1. The molecule has 0 bridgehead atoms. The highest BCUT2D eigenvalue weighted by atomic mass is 32.1. The van der Waals surface area contributed by atoms with Crippen LogP contribution in [0.4, 0.5) is 11.4 Å². The molecule has 2 rings (SSSR count). The largest absolute Gasteiger partial charge is 0.478 e. The minimum Gasteiger partial charge on any atom is -0.478 e. The van der Waals surface area contributed by atoms with Crippen LogP contribution in [0.25, 0.3) is 0 Å². The van der Waals surface area contributed by atoms with E-state index in [2.05, 4.69) is 12.6 Å². The fraction of sp³-hybridized carbons (Fsp3) is 0.333. The fourth-order valence-electron chi connectivity index (χ4n) is 2.11. The van der Waals surface area contributed by atoms with Gasteiger partial charge < -0.3 is 15.7 Å². The maximum absolute atomic E-state index is 11.9. The second kappa shape index (κ2) is 4.89. The predicted octanol–water partition coefficient (Wildman–Crippen LogP) is 1.25. The number of carboxylic acids is 1. The number of anilines is 2. The van der Waals surface area contributed by atoms with Gasteiger partial charge in [-0.15, -0.1) is 0 Å². The van der Waals surface area contributed by atoms with Crippen LogP contribution in [0, 0.1) is 5.92 Å². The number of benzene rings is 1. The van der Waals surface area contributed by atoms with Crippen LogP contribution in [0.1, 0.15) is 16.8 Å². The van der Waals surface area contributed by atoms with Crippen LogP contribution in [0.15, 0.2) is 18.2 Å². The van der Waals surface area contributed by atoms with E-state index >= 15 is 0 Å². The molecule has 96 valence electrons. The summed E-state index contributed by atoms with van der Waals surface area (Å²) < 4.78 is 0. The van der Waals surface area contributed by atoms with Crippen LogP contribution in [0.3, 0.4) is 0 Å². The van der Waals surface area contributed by atoms with E-state index < -0.39 is 5.97 Å². The molecule has 1 fully saturated rings. The second-order valence-electron chi connectivity index (χ2n) is 4.30. The average molecular weight is 266 g/mol. The Morgan fingerprint density at radius 1 is 1.56 bits per heavy atom. The summed E-state index contributed by atoms with van der Waals surface area (Å²) in [4.78, 5) is 24.4. The molecule has 1 saturated heterocycles. The molecular weight excluding hydrogens is 252 g/mol. The number of hydrogen-bond donors (Lipinski definition) is 3. The van der Waals surface area contributed by atoms with Gasteiger partial charge in [-0.25, -0.2) is 4.79 Å². The molecule has 1 atom stereocenters. The zero-order valence-corrected chi connectivity index (χ0v) is 10.6. The van der Waals surface area contributed by atoms with E-state index in [4.69, 9.17) is 10.8 Å². The first-order valence-corrected chi connectivity index (χ1v) is 6.20. The summed E-state index contributed by atoms with van der Waals surface area (Å²) in [6.07, 6.45) is 0.431. The van der Waals surface area contributed by atoms with Crippen molar-refractivity contribution in [3.8, 4) is 0 Å². The topological polar surface area (TPSA) is 83.6 Å². The molecule has 5 nitrogen and oxygen atoms in total. The SMILES string of the molecule is Nc1c(C(=O)O)cccc1N1CC(CS)CC1=O. The van der Waals surface area contributed by atoms with Crippen molar-refractivity contribution in [2.45, 2.75) is 6.42 Å². The number of nitrogen functional groups attached to an aromatic ring is 1. The first-order valence-electron chi connectivity index (χ1n) is 5.57. The molecule has 0 radical (unpaired) electrons. The molecule has 3 N–H and O–H groups in total. The van der Waals surface area contributed by atoms with Gasteiger partial charge in [0, 0.05) is 13.0 Å². The summed E-state index contributed by atoms with van der Waals surface area (Å²) in [6, 6.07) is 4.69. The summed E-state index contributed by atoms with van der Waals surface area (Å²) in [6.45, 7) is 0.537. The first kappa shape index (κ1) is 12.8. The number of carboxylic acid groups (broad SMARTS) is 1. The van der Waals surface area contributed by atoms with Gasteiger partial charge in [0.05, 0.1) is 16.9 Å². The Labute approximate surface area is 110 Å². The normalized spacial score (nSPS) is 19.3. The van der Waals surface area contributed by atoms with Crippen molar-refractivity contribution in [3.63, 3.8) is 0 Å². The lowest BCUT2D eigenvalue weighted by Gasteiger charge is -2.19.